The van der Waals surface area contributed by atoms with E-state index in [-0.39, 0.29) is 11.7 Å². The molecule has 3 heterocycles. The summed E-state index contributed by atoms with van der Waals surface area (Å²) >= 11 is 0. The van der Waals surface area contributed by atoms with Crippen molar-refractivity contribution in [1.82, 2.24) is 20.1 Å². The number of nitrogens with zero attached hydrogens (tertiary/aromatic N) is 4. The van der Waals surface area contributed by atoms with Crippen LogP contribution in [0.25, 0.3) is 5.69 Å². The monoisotopic (exact) mass is 379 g/mol. The molecule has 3 aromatic rings. The highest BCUT2D eigenvalue weighted by molar-refractivity contribution is 5.95. The Hall–Kier alpha value is -3.22. The van der Waals surface area contributed by atoms with E-state index in [0.29, 0.717) is 23.5 Å². The SMILES string of the molecule is Cc1c(C(=O)NCc2ccnc(N3CCCC3)c2)cnn1-c1ccc(F)cc1. The predicted octanol–water partition coefficient (Wildman–Crippen LogP) is 3.25. The molecule has 2 aromatic heterocycles. The summed E-state index contributed by atoms with van der Waals surface area (Å²) in [7, 11) is 0. The third-order valence-electron chi connectivity index (χ3n) is 5.02. The van der Waals surface area contributed by atoms with Crippen molar-refractivity contribution < 1.29 is 9.18 Å². The summed E-state index contributed by atoms with van der Waals surface area (Å²) in [6.45, 7) is 4.31. The summed E-state index contributed by atoms with van der Waals surface area (Å²) < 4.78 is 14.8. The number of pyridine rings is 1. The standard InChI is InChI=1S/C21H22FN5O/c1-15-19(14-25-27(15)18-6-4-17(22)5-7-18)21(28)24-13-16-8-9-23-20(12-16)26-10-2-3-11-26/h4-9,12,14H,2-3,10-11,13H2,1H3,(H,24,28). The average molecular weight is 379 g/mol. The van der Waals surface area contributed by atoms with Gasteiger partial charge >= 0.3 is 0 Å². The number of nitrogens with one attached hydrogen (secondary N) is 1. The summed E-state index contributed by atoms with van der Waals surface area (Å²) in [6, 6.07) is 9.95. The number of benzene rings is 1. The molecule has 4 rings (SSSR count). The maximum absolute atomic E-state index is 13.1. The lowest BCUT2D eigenvalue weighted by Crippen LogP contribution is -2.24. The van der Waals surface area contributed by atoms with E-state index in [0.717, 1.165) is 24.5 Å². The molecule has 0 spiro atoms. The van der Waals surface area contributed by atoms with E-state index in [4.69, 9.17) is 0 Å². The molecule has 1 fully saturated rings. The Balaban J connectivity index is 1.44. The van der Waals surface area contributed by atoms with Crippen molar-refractivity contribution >= 4 is 11.7 Å². The van der Waals surface area contributed by atoms with Gasteiger partial charge in [0, 0.05) is 25.8 Å². The van der Waals surface area contributed by atoms with E-state index in [1.165, 1.54) is 31.2 Å². The molecule has 0 unspecified atom stereocenters. The fourth-order valence-electron chi connectivity index (χ4n) is 3.44. The van der Waals surface area contributed by atoms with Crippen LogP contribution in [0.4, 0.5) is 10.2 Å². The van der Waals surface area contributed by atoms with E-state index in [2.05, 4.69) is 20.3 Å². The highest BCUT2D eigenvalue weighted by Crippen LogP contribution is 2.19. The molecule has 144 valence electrons. The van der Waals surface area contributed by atoms with Crippen molar-refractivity contribution in [2.24, 2.45) is 0 Å². The van der Waals surface area contributed by atoms with Crippen molar-refractivity contribution in [2.45, 2.75) is 26.3 Å². The molecule has 0 saturated carbocycles. The van der Waals surface area contributed by atoms with Gasteiger partial charge in [0.15, 0.2) is 0 Å². The minimum absolute atomic E-state index is 0.189. The van der Waals surface area contributed by atoms with Crippen LogP contribution in [-0.4, -0.2) is 33.8 Å². The second-order valence-corrected chi connectivity index (χ2v) is 6.93. The lowest BCUT2D eigenvalue weighted by molar-refractivity contribution is 0.0950. The Kier molecular flexibility index (Phi) is 5.06. The third kappa shape index (κ3) is 3.74. The number of aromatic nitrogens is 3. The number of anilines is 1. The molecule has 1 aliphatic heterocycles. The van der Waals surface area contributed by atoms with Crippen LogP contribution in [0.15, 0.2) is 48.8 Å². The molecule has 1 N–H and O–H groups in total. The van der Waals surface area contributed by atoms with Gasteiger partial charge in [-0.2, -0.15) is 5.10 Å². The minimum atomic E-state index is -0.308. The van der Waals surface area contributed by atoms with E-state index in [9.17, 15) is 9.18 Å². The molecule has 0 aliphatic carbocycles. The van der Waals surface area contributed by atoms with Gasteiger partial charge in [-0.05, 0) is 61.7 Å². The van der Waals surface area contributed by atoms with Gasteiger partial charge in [0.25, 0.3) is 5.91 Å². The number of halogens is 1. The molecule has 1 aromatic carbocycles. The van der Waals surface area contributed by atoms with E-state index in [1.807, 2.05) is 19.1 Å². The average Bonchev–Trinajstić information content (AvgIpc) is 3.37. The van der Waals surface area contributed by atoms with E-state index in [1.54, 1.807) is 23.0 Å². The van der Waals surface area contributed by atoms with Gasteiger partial charge in [0.2, 0.25) is 0 Å². The Morgan fingerprint density at radius 3 is 2.68 bits per heavy atom. The summed E-state index contributed by atoms with van der Waals surface area (Å²) in [6.07, 6.45) is 5.71. The Morgan fingerprint density at radius 2 is 1.93 bits per heavy atom. The molecule has 28 heavy (non-hydrogen) atoms. The highest BCUT2D eigenvalue weighted by atomic mass is 19.1. The zero-order valence-corrected chi connectivity index (χ0v) is 15.7. The van der Waals surface area contributed by atoms with Crippen LogP contribution < -0.4 is 10.2 Å². The molecule has 1 saturated heterocycles. The minimum Gasteiger partial charge on any atom is -0.357 e. The van der Waals surface area contributed by atoms with Crippen LogP contribution in [0.3, 0.4) is 0 Å². The Morgan fingerprint density at radius 1 is 1.18 bits per heavy atom. The van der Waals surface area contributed by atoms with Crippen LogP contribution >= 0.6 is 0 Å². The summed E-state index contributed by atoms with van der Waals surface area (Å²) in [5.41, 5.74) is 2.92. The van der Waals surface area contributed by atoms with Crippen molar-refractivity contribution in [2.75, 3.05) is 18.0 Å². The van der Waals surface area contributed by atoms with Crippen molar-refractivity contribution in [1.29, 1.82) is 0 Å². The first-order chi connectivity index (χ1) is 13.6. The lowest BCUT2D eigenvalue weighted by Gasteiger charge is -2.17. The highest BCUT2D eigenvalue weighted by Gasteiger charge is 2.16. The molecule has 0 atom stereocenters. The number of carbonyl (C=O) groups excluding carboxylic acids is 1. The second kappa shape index (κ2) is 7.80. The van der Waals surface area contributed by atoms with Gasteiger partial charge in [0.05, 0.1) is 23.1 Å². The normalized spacial score (nSPS) is 13.7. The zero-order valence-electron chi connectivity index (χ0n) is 15.7. The first-order valence-electron chi connectivity index (χ1n) is 9.40. The molecule has 6 nitrogen and oxygen atoms in total. The molecular weight excluding hydrogens is 357 g/mol. The molecule has 7 heteroatoms. The summed E-state index contributed by atoms with van der Waals surface area (Å²) in [4.78, 5) is 19.3. The van der Waals surface area contributed by atoms with Crippen LogP contribution in [0.5, 0.6) is 0 Å². The number of carbonyl (C=O) groups is 1. The molecular formula is C21H22FN5O. The van der Waals surface area contributed by atoms with Crippen LogP contribution in [0, 0.1) is 12.7 Å². The number of hydrogen-bond donors (Lipinski definition) is 1. The van der Waals surface area contributed by atoms with E-state index < -0.39 is 0 Å². The van der Waals surface area contributed by atoms with Gasteiger partial charge in [0.1, 0.15) is 11.6 Å². The lowest BCUT2D eigenvalue weighted by atomic mass is 10.2. The van der Waals surface area contributed by atoms with Gasteiger partial charge in [-0.15, -0.1) is 0 Å². The molecule has 1 aliphatic rings. The van der Waals surface area contributed by atoms with Gasteiger partial charge in [-0.1, -0.05) is 0 Å². The fourth-order valence-corrected chi connectivity index (χ4v) is 3.44. The fraction of sp³-hybridized carbons (Fsp3) is 0.286. The van der Waals surface area contributed by atoms with Crippen LogP contribution in [0.2, 0.25) is 0 Å². The number of rotatable bonds is 5. The third-order valence-corrected chi connectivity index (χ3v) is 5.02. The quantitative estimate of drug-likeness (QED) is 0.739. The maximum Gasteiger partial charge on any atom is 0.255 e. The molecule has 0 radical (unpaired) electrons. The zero-order chi connectivity index (χ0) is 19.5. The summed E-state index contributed by atoms with van der Waals surface area (Å²) in [5.74, 6) is 0.465. The van der Waals surface area contributed by atoms with Crippen molar-refractivity contribution in [3.8, 4) is 5.69 Å². The van der Waals surface area contributed by atoms with Gasteiger partial charge in [-0.25, -0.2) is 14.1 Å². The summed E-state index contributed by atoms with van der Waals surface area (Å²) in [5, 5.41) is 7.22. The predicted molar refractivity (Wildman–Crippen MR) is 105 cm³/mol. The number of hydrogen-bond acceptors (Lipinski definition) is 4. The topological polar surface area (TPSA) is 63.1 Å². The smallest absolute Gasteiger partial charge is 0.255 e. The largest absolute Gasteiger partial charge is 0.357 e. The maximum atomic E-state index is 13.1. The molecule has 1 amide bonds. The van der Waals surface area contributed by atoms with Crippen LogP contribution in [0.1, 0.15) is 34.5 Å². The Bertz CT molecular complexity index is 977. The second-order valence-electron chi connectivity index (χ2n) is 6.93. The van der Waals surface area contributed by atoms with Gasteiger partial charge < -0.3 is 10.2 Å². The van der Waals surface area contributed by atoms with Gasteiger partial charge in [-0.3, -0.25) is 4.79 Å². The van der Waals surface area contributed by atoms with E-state index >= 15 is 0 Å². The first kappa shape index (κ1) is 18.2. The van der Waals surface area contributed by atoms with Crippen molar-refractivity contribution in [3.05, 3.63) is 71.4 Å². The van der Waals surface area contributed by atoms with Crippen LogP contribution in [-0.2, 0) is 6.54 Å². The first-order valence-corrected chi connectivity index (χ1v) is 9.40. The van der Waals surface area contributed by atoms with Crippen molar-refractivity contribution in [3.63, 3.8) is 0 Å². The molecule has 0 bridgehead atoms. The Labute approximate surface area is 163 Å². The number of amides is 1.